The Morgan fingerprint density at radius 2 is 1.32 bits per heavy atom. The quantitative estimate of drug-likeness (QED) is 0.400. The highest BCUT2D eigenvalue weighted by molar-refractivity contribution is 7.99. The fraction of sp³-hybridized carbons (Fsp3) is 0.200. The summed E-state index contributed by atoms with van der Waals surface area (Å²) in [6.07, 6.45) is 3.64. The summed E-state index contributed by atoms with van der Waals surface area (Å²) in [5.41, 5.74) is 3.10. The van der Waals surface area contributed by atoms with Gasteiger partial charge in [-0.1, -0.05) is 54.8 Å². The zero-order valence-electron chi connectivity index (χ0n) is 16.7. The topological polar surface area (TPSA) is 18.5 Å². The van der Waals surface area contributed by atoms with Crippen molar-refractivity contribution in [2.75, 3.05) is 13.2 Å². The largest absolute Gasteiger partial charge is 0.493 e. The van der Waals surface area contributed by atoms with E-state index in [1.165, 1.54) is 10.5 Å². The highest BCUT2D eigenvalue weighted by Crippen LogP contribution is 2.44. The fourth-order valence-electron chi connectivity index (χ4n) is 3.25. The summed E-state index contributed by atoms with van der Waals surface area (Å²) in [4.78, 5) is 2.36. The van der Waals surface area contributed by atoms with Gasteiger partial charge in [0.2, 0.25) is 0 Å². The molecule has 0 saturated heterocycles. The number of aryl methyl sites for hydroxylation is 1. The molecule has 3 aromatic rings. The van der Waals surface area contributed by atoms with Crippen LogP contribution >= 0.6 is 11.8 Å². The molecule has 0 radical (unpaired) electrons. The Bertz CT molecular complexity index is 1000. The molecule has 0 heterocycles. The van der Waals surface area contributed by atoms with E-state index >= 15 is 0 Å². The van der Waals surface area contributed by atoms with Crippen LogP contribution in [-0.4, -0.2) is 13.2 Å². The molecule has 28 heavy (non-hydrogen) atoms. The standard InChI is InChI=1S/C25H26O2S/c1-6-20-21(7-2)25(27-9-4)23-16-19(14-15-22(23)24(20)26-8-3)28-18-12-10-17(5)11-13-18/h6-7,10-16H,1-2,8-9H2,3-5H3. The van der Waals surface area contributed by atoms with Crippen molar-refractivity contribution in [1.29, 1.82) is 0 Å². The Kier molecular flexibility index (Phi) is 6.48. The van der Waals surface area contributed by atoms with Gasteiger partial charge in [-0.3, -0.25) is 0 Å². The van der Waals surface area contributed by atoms with Crippen molar-refractivity contribution in [3.05, 3.63) is 72.3 Å². The van der Waals surface area contributed by atoms with Crippen molar-refractivity contribution in [3.8, 4) is 11.5 Å². The molecule has 0 atom stereocenters. The Hall–Kier alpha value is -2.65. The summed E-state index contributed by atoms with van der Waals surface area (Å²) in [6, 6.07) is 15.0. The van der Waals surface area contributed by atoms with Crippen molar-refractivity contribution in [2.45, 2.75) is 30.6 Å². The predicted molar refractivity (Wildman–Crippen MR) is 122 cm³/mol. The minimum atomic E-state index is 0.579. The second-order valence-corrected chi connectivity index (χ2v) is 7.53. The lowest BCUT2D eigenvalue weighted by Crippen LogP contribution is -2.02. The molecular weight excluding hydrogens is 364 g/mol. The fourth-order valence-corrected chi connectivity index (χ4v) is 4.11. The first-order valence-electron chi connectivity index (χ1n) is 9.51. The average molecular weight is 391 g/mol. The van der Waals surface area contributed by atoms with Crippen molar-refractivity contribution < 1.29 is 9.47 Å². The van der Waals surface area contributed by atoms with E-state index in [1.807, 2.05) is 26.0 Å². The van der Waals surface area contributed by atoms with Gasteiger partial charge in [-0.2, -0.15) is 0 Å². The number of ether oxygens (including phenoxy) is 2. The van der Waals surface area contributed by atoms with Crippen LogP contribution in [0.5, 0.6) is 11.5 Å². The average Bonchev–Trinajstić information content (AvgIpc) is 2.71. The number of hydrogen-bond donors (Lipinski definition) is 0. The molecule has 3 heteroatoms. The van der Waals surface area contributed by atoms with Gasteiger partial charge < -0.3 is 9.47 Å². The zero-order chi connectivity index (χ0) is 20.1. The van der Waals surface area contributed by atoms with Crippen LogP contribution in [0.15, 0.2) is 65.4 Å². The molecule has 0 fully saturated rings. The van der Waals surface area contributed by atoms with Gasteiger partial charge in [0.25, 0.3) is 0 Å². The van der Waals surface area contributed by atoms with E-state index in [0.717, 1.165) is 38.3 Å². The molecule has 0 unspecified atom stereocenters. The molecule has 0 saturated carbocycles. The monoisotopic (exact) mass is 390 g/mol. The van der Waals surface area contributed by atoms with E-state index in [0.29, 0.717) is 13.2 Å². The van der Waals surface area contributed by atoms with Crippen LogP contribution in [0, 0.1) is 6.92 Å². The van der Waals surface area contributed by atoms with Crippen LogP contribution in [0.3, 0.4) is 0 Å². The Balaban J connectivity index is 2.21. The van der Waals surface area contributed by atoms with Crippen LogP contribution in [0.25, 0.3) is 22.9 Å². The Morgan fingerprint density at radius 1 is 0.786 bits per heavy atom. The van der Waals surface area contributed by atoms with Crippen molar-refractivity contribution >= 4 is 34.7 Å². The second-order valence-electron chi connectivity index (χ2n) is 6.38. The van der Waals surface area contributed by atoms with Gasteiger partial charge in [0.05, 0.1) is 13.2 Å². The van der Waals surface area contributed by atoms with Crippen molar-refractivity contribution in [3.63, 3.8) is 0 Å². The lowest BCUT2D eigenvalue weighted by molar-refractivity contribution is 0.335. The molecule has 0 bridgehead atoms. The number of hydrogen-bond acceptors (Lipinski definition) is 3. The van der Waals surface area contributed by atoms with Crippen LogP contribution in [0.4, 0.5) is 0 Å². The van der Waals surface area contributed by atoms with Gasteiger partial charge >= 0.3 is 0 Å². The van der Waals surface area contributed by atoms with Crippen molar-refractivity contribution in [2.24, 2.45) is 0 Å². The molecule has 0 spiro atoms. The van der Waals surface area contributed by atoms with E-state index in [-0.39, 0.29) is 0 Å². The van der Waals surface area contributed by atoms with Crippen LogP contribution < -0.4 is 9.47 Å². The van der Waals surface area contributed by atoms with Crippen LogP contribution in [-0.2, 0) is 0 Å². The number of benzene rings is 3. The SMILES string of the molecule is C=Cc1c(C=C)c(OCC)c2cc(Sc3ccc(C)cc3)ccc2c1OCC. The molecule has 3 rings (SSSR count). The molecule has 0 aliphatic rings. The minimum absolute atomic E-state index is 0.579. The first-order chi connectivity index (χ1) is 13.6. The zero-order valence-corrected chi connectivity index (χ0v) is 17.6. The third-order valence-corrected chi connectivity index (χ3v) is 5.50. The number of rotatable bonds is 8. The van der Waals surface area contributed by atoms with Gasteiger partial charge in [0.1, 0.15) is 11.5 Å². The van der Waals surface area contributed by atoms with Gasteiger partial charge in [-0.15, -0.1) is 0 Å². The summed E-state index contributed by atoms with van der Waals surface area (Å²) >= 11 is 1.74. The molecule has 0 N–H and O–H groups in total. The summed E-state index contributed by atoms with van der Waals surface area (Å²) < 4.78 is 12.1. The smallest absolute Gasteiger partial charge is 0.135 e. The third kappa shape index (κ3) is 3.95. The summed E-state index contributed by atoms with van der Waals surface area (Å²) in [6.45, 7) is 15.2. The highest BCUT2D eigenvalue weighted by atomic mass is 32.2. The first kappa shape index (κ1) is 20.1. The maximum Gasteiger partial charge on any atom is 0.135 e. The molecular formula is C25H26O2S. The maximum absolute atomic E-state index is 6.05. The highest BCUT2D eigenvalue weighted by Gasteiger charge is 2.19. The summed E-state index contributed by atoms with van der Waals surface area (Å²) in [5.74, 6) is 1.66. The lowest BCUT2D eigenvalue weighted by atomic mass is 9.97. The van der Waals surface area contributed by atoms with E-state index in [2.05, 4.69) is 62.5 Å². The summed E-state index contributed by atoms with van der Waals surface area (Å²) in [5, 5.41) is 2.06. The molecule has 144 valence electrons. The van der Waals surface area contributed by atoms with Gasteiger partial charge in [-0.05, 0) is 51.1 Å². The maximum atomic E-state index is 6.05. The Morgan fingerprint density at radius 3 is 1.86 bits per heavy atom. The predicted octanol–water partition coefficient (Wildman–Crippen LogP) is 7.38. The Labute approximate surface area is 171 Å². The van der Waals surface area contributed by atoms with E-state index in [1.54, 1.807) is 11.8 Å². The molecule has 0 aliphatic heterocycles. The van der Waals surface area contributed by atoms with E-state index < -0.39 is 0 Å². The molecule has 3 aromatic carbocycles. The molecule has 0 aromatic heterocycles. The van der Waals surface area contributed by atoms with E-state index in [9.17, 15) is 0 Å². The third-order valence-electron chi connectivity index (χ3n) is 4.50. The number of fused-ring (bicyclic) bond motifs is 1. The lowest BCUT2D eigenvalue weighted by Gasteiger charge is -2.19. The summed E-state index contributed by atoms with van der Waals surface area (Å²) in [7, 11) is 0. The normalized spacial score (nSPS) is 10.7. The molecule has 0 amide bonds. The van der Waals surface area contributed by atoms with Gasteiger partial charge in [0, 0.05) is 31.7 Å². The molecule has 2 nitrogen and oxygen atoms in total. The second kappa shape index (κ2) is 9.03. The first-order valence-corrected chi connectivity index (χ1v) is 10.3. The van der Waals surface area contributed by atoms with Gasteiger partial charge in [-0.25, -0.2) is 0 Å². The van der Waals surface area contributed by atoms with Gasteiger partial charge in [0.15, 0.2) is 0 Å². The van der Waals surface area contributed by atoms with Crippen LogP contribution in [0.1, 0.15) is 30.5 Å². The molecule has 0 aliphatic carbocycles. The minimum Gasteiger partial charge on any atom is -0.493 e. The van der Waals surface area contributed by atoms with Crippen molar-refractivity contribution in [1.82, 2.24) is 0 Å². The van der Waals surface area contributed by atoms with E-state index in [4.69, 9.17) is 9.47 Å². The van der Waals surface area contributed by atoms with Crippen LogP contribution in [0.2, 0.25) is 0 Å².